The molecule has 0 amide bonds. The Hall–Kier alpha value is -0.160. The molecule has 0 bridgehead atoms. The summed E-state index contributed by atoms with van der Waals surface area (Å²) >= 11 is 0. The summed E-state index contributed by atoms with van der Waals surface area (Å²) in [5.74, 6) is 0.656. The van der Waals surface area contributed by atoms with E-state index in [0.29, 0.717) is 12.0 Å². The van der Waals surface area contributed by atoms with Crippen LogP contribution in [0.3, 0.4) is 0 Å². The van der Waals surface area contributed by atoms with Crippen molar-refractivity contribution < 1.29 is 9.47 Å². The molecule has 0 aliphatic carbocycles. The molecule has 0 aromatic heterocycles. The van der Waals surface area contributed by atoms with Crippen LogP contribution in [0.25, 0.3) is 0 Å². The third kappa shape index (κ3) is 2.87. The van der Waals surface area contributed by atoms with Gasteiger partial charge in [-0.15, -0.1) is 0 Å². The fourth-order valence-corrected chi connectivity index (χ4v) is 3.41. The van der Waals surface area contributed by atoms with Gasteiger partial charge in [-0.05, 0) is 38.1 Å². The molecular weight excluding hydrogens is 228 g/mol. The Morgan fingerprint density at radius 3 is 2.94 bits per heavy atom. The van der Waals surface area contributed by atoms with Gasteiger partial charge in [0, 0.05) is 39.0 Å². The summed E-state index contributed by atoms with van der Waals surface area (Å²) in [6.45, 7) is 6.94. The first-order chi connectivity index (χ1) is 8.72. The molecule has 0 saturated carbocycles. The van der Waals surface area contributed by atoms with Gasteiger partial charge in [0.15, 0.2) is 0 Å². The molecule has 106 valence electrons. The molecule has 4 nitrogen and oxygen atoms in total. The molecule has 3 unspecified atom stereocenters. The topological polar surface area (TPSA) is 47.7 Å². The smallest absolute Gasteiger partial charge is 0.0724 e. The molecule has 0 aromatic carbocycles. The zero-order valence-corrected chi connectivity index (χ0v) is 11.9. The van der Waals surface area contributed by atoms with Gasteiger partial charge in [0.05, 0.1) is 6.10 Å². The third-order valence-corrected chi connectivity index (χ3v) is 4.89. The van der Waals surface area contributed by atoms with Gasteiger partial charge in [-0.2, -0.15) is 0 Å². The van der Waals surface area contributed by atoms with E-state index in [1.54, 1.807) is 0 Å². The number of nitrogens with two attached hydrogens (primary N) is 1. The number of ether oxygens (including phenoxy) is 2. The lowest BCUT2D eigenvalue weighted by Crippen LogP contribution is -2.59. The van der Waals surface area contributed by atoms with Crippen LogP contribution in [-0.2, 0) is 9.47 Å². The van der Waals surface area contributed by atoms with Gasteiger partial charge in [0.1, 0.15) is 0 Å². The van der Waals surface area contributed by atoms with Crippen molar-refractivity contribution in [2.24, 2.45) is 11.7 Å². The Morgan fingerprint density at radius 2 is 2.22 bits per heavy atom. The maximum Gasteiger partial charge on any atom is 0.0724 e. The van der Waals surface area contributed by atoms with Crippen molar-refractivity contribution in [1.82, 2.24) is 4.90 Å². The number of methoxy groups -OCH3 is 1. The van der Waals surface area contributed by atoms with E-state index >= 15 is 0 Å². The van der Waals surface area contributed by atoms with Crippen molar-refractivity contribution in [3.8, 4) is 0 Å². The Labute approximate surface area is 111 Å². The molecular formula is C14H28N2O2. The summed E-state index contributed by atoms with van der Waals surface area (Å²) < 4.78 is 11.2. The van der Waals surface area contributed by atoms with Crippen molar-refractivity contribution in [2.45, 2.75) is 44.2 Å². The second-order valence-corrected chi connectivity index (χ2v) is 5.88. The van der Waals surface area contributed by atoms with Gasteiger partial charge in [-0.25, -0.2) is 0 Å². The van der Waals surface area contributed by atoms with Crippen LogP contribution < -0.4 is 5.73 Å². The predicted molar refractivity (Wildman–Crippen MR) is 72.6 cm³/mol. The summed E-state index contributed by atoms with van der Waals surface area (Å²) in [5, 5.41) is 0. The Balaban J connectivity index is 2.06. The average molecular weight is 256 g/mol. The molecule has 2 aliphatic rings. The van der Waals surface area contributed by atoms with E-state index in [0.717, 1.165) is 52.1 Å². The summed E-state index contributed by atoms with van der Waals surface area (Å²) in [5.41, 5.74) is 6.27. The van der Waals surface area contributed by atoms with Gasteiger partial charge >= 0.3 is 0 Å². The lowest BCUT2D eigenvalue weighted by molar-refractivity contribution is -0.0498. The number of hydrogen-bond acceptors (Lipinski definition) is 4. The van der Waals surface area contributed by atoms with Gasteiger partial charge in [-0.3, -0.25) is 4.90 Å². The monoisotopic (exact) mass is 256 g/mol. The maximum absolute atomic E-state index is 6.12. The number of rotatable bonds is 3. The minimum Gasteiger partial charge on any atom is -0.381 e. The fraction of sp³-hybridized carbons (Fsp3) is 1.00. The summed E-state index contributed by atoms with van der Waals surface area (Å²) in [6.07, 6.45) is 4.91. The van der Waals surface area contributed by atoms with E-state index in [1.807, 2.05) is 7.11 Å². The second kappa shape index (κ2) is 6.33. The SMILES string of the molecule is COC1CN(C2(CN)CCCOCC2)CCC1C. The van der Waals surface area contributed by atoms with Gasteiger partial charge in [-0.1, -0.05) is 6.92 Å². The Bertz CT molecular complexity index is 252. The summed E-state index contributed by atoms with van der Waals surface area (Å²) in [7, 11) is 1.83. The van der Waals surface area contributed by atoms with Crippen LogP contribution >= 0.6 is 0 Å². The molecule has 2 heterocycles. The van der Waals surface area contributed by atoms with E-state index in [2.05, 4.69) is 11.8 Å². The van der Waals surface area contributed by atoms with Crippen LogP contribution in [0.2, 0.25) is 0 Å². The first-order valence-electron chi connectivity index (χ1n) is 7.27. The van der Waals surface area contributed by atoms with E-state index in [-0.39, 0.29) is 5.54 Å². The fourth-order valence-electron chi connectivity index (χ4n) is 3.41. The molecule has 2 saturated heterocycles. The summed E-state index contributed by atoms with van der Waals surface area (Å²) in [4.78, 5) is 2.58. The van der Waals surface area contributed by atoms with Crippen molar-refractivity contribution in [2.75, 3.05) is 40.0 Å². The molecule has 4 heteroatoms. The van der Waals surface area contributed by atoms with Crippen molar-refractivity contribution in [3.05, 3.63) is 0 Å². The predicted octanol–water partition coefficient (Wildman–Crippen LogP) is 1.24. The van der Waals surface area contributed by atoms with Crippen molar-refractivity contribution in [1.29, 1.82) is 0 Å². The average Bonchev–Trinajstić information content (AvgIpc) is 2.65. The highest BCUT2D eigenvalue weighted by Crippen LogP contribution is 2.32. The van der Waals surface area contributed by atoms with Crippen LogP contribution in [0.1, 0.15) is 32.6 Å². The van der Waals surface area contributed by atoms with Gasteiger partial charge < -0.3 is 15.2 Å². The molecule has 2 N–H and O–H groups in total. The second-order valence-electron chi connectivity index (χ2n) is 5.88. The molecule has 18 heavy (non-hydrogen) atoms. The van der Waals surface area contributed by atoms with Gasteiger partial charge in [0.2, 0.25) is 0 Å². The quantitative estimate of drug-likeness (QED) is 0.825. The van der Waals surface area contributed by atoms with Crippen LogP contribution in [0.5, 0.6) is 0 Å². The first-order valence-corrected chi connectivity index (χ1v) is 7.27. The number of nitrogens with zero attached hydrogens (tertiary/aromatic N) is 1. The minimum absolute atomic E-state index is 0.146. The standard InChI is InChI=1S/C14H28N2O2/c1-12-4-7-16(10-13(12)17-2)14(11-15)5-3-8-18-9-6-14/h12-13H,3-11,15H2,1-2H3. The van der Waals surface area contributed by atoms with Gasteiger partial charge in [0.25, 0.3) is 0 Å². The zero-order valence-electron chi connectivity index (χ0n) is 11.9. The number of likely N-dealkylation sites (tertiary alicyclic amines) is 1. The lowest BCUT2D eigenvalue weighted by Gasteiger charge is -2.48. The van der Waals surface area contributed by atoms with Crippen molar-refractivity contribution >= 4 is 0 Å². The Morgan fingerprint density at radius 1 is 1.39 bits per heavy atom. The molecule has 0 spiro atoms. The Kier molecular flexibility index (Phi) is 5.01. The molecule has 0 aromatic rings. The third-order valence-electron chi connectivity index (χ3n) is 4.89. The highest BCUT2D eigenvalue weighted by atomic mass is 16.5. The summed E-state index contributed by atoms with van der Waals surface area (Å²) in [6, 6.07) is 0. The largest absolute Gasteiger partial charge is 0.381 e. The normalized spacial score (nSPS) is 39.5. The highest BCUT2D eigenvalue weighted by molar-refractivity contribution is 4.96. The molecule has 2 aliphatic heterocycles. The van der Waals surface area contributed by atoms with Crippen LogP contribution in [0, 0.1) is 5.92 Å². The van der Waals surface area contributed by atoms with Crippen molar-refractivity contribution in [3.63, 3.8) is 0 Å². The number of hydrogen-bond donors (Lipinski definition) is 1. The number of piperidine rings is 1. The molecule has 3 atom stereocenters. The highest BCUT2D eigenvalue weighted by Gasteiger charge is 2.40. The maximum atomic E-state index is 6.12. The van der Waals surface area contributed by atoms with Crippen LogP contribution in [0.4, 0.5) is 0 Å². The van der Waals surface area contributed by atoms with Crippen LogP contribution in [-0.4, -0.2) is 56.5 Å². The lowest BCUT2D eigenvalue weighted by atomic mass is 9.84. The van der Waals surface area contributed by atoms with E-state index in [1.165, 1.54) is 6.42 Å². The van der Waals surface area contributed by atoms with Crippen LogP contribution in [0.15, 0.2) is 0 Å². The molecule has 2 rings (SSSR count). The van der Waals surface area contributed by atoms with E-state index < -0.39 is 0 Å². The zero-order chi connectivity index (χ0) is 13.0. The van der Waals surface area contributed by atoms with E-state index in [4.69, 9.17) is 15.2 Å². The minimum atomic E-state index is 0.146. The van der Waals surface area contributed by atoms with E-state index in [9.17, 15) is 0 Å². The molecule has 0 radical (unpaired) electrons. The molecule has 2 fully saturated rings. The first kappa shape index (κ1) is 14.3.